The summed E-state index contributed by atoms with van der Waals surface area (Å²) in [6.07, 6.45) is -10.1. The highest BCUT2D eigenvalue weighted by Gasteiger charge is 2.38. The van der Waals surface area contributed by atoms with Gasteiger partial charge >= 0.3 is 18.5 Å². The van der Waals surface area contributed by atoms with E-state index in [-0.39, 0.29) is 35.1 Å². The van der Waals surface area contributed by atoms with E-state index in [0.717, 1.165) is 42.5 Å². The number of rotatable bonds is 8. The van der Waals surface area contributed by atoms with E-state index in [1.165, 1.54) is 30.3 Å². The van der Waals surface area contributed by atoms with Crippen molar-refractivity contribution in [1.82, 2.24) is 4.98 Å². The van der Waals surface area contributed by atoms with Gasteiger partial charge in [0.15, 0.2) is 5.82 Å². The quantitative estimate of drug-likeness (QED) is 0.179. The van der Waals surface area contributed by atoms with E-state index in [0.29, 0.717) is 5.56 Å². The number of nitrogens with one attached hydrogen (secondary N) is 1. The largest absolute Gasteiger partial charge is 0.573 e. The summed E-state index contributed by atoms with van der Waals surface area (Å²) >= 11 is 0. The van der Waals surface area contributed by atoms with Crippen molar-refractivity contribution in [3.63, 3.8) is 0 Å². The molecular formula is C27H20F6N2O5S. The molecular weight excluding hydrogens is 578 g/mol. The second-order valence-electron chi connectivity index (χ2n) is 8.54. The molecule has 7 nitrogen and oxygen atoms in total. The summed E-state index contributed by atoms with van der Waals surface area (Å²) in [5, 5.41) is -0.269. The van der Waals surface area contributed by atoms with Crippen molar-refractivity contribution in [2.45, 2.75) is 30.8 Å². The van der Waals surface area contributed by atoms with Crippen molar-refractivity contribution < 1.29 is 49.0 Å². The molecule has 4 aromatic rings. The normalized spacial score (nSPS) is 12.3. The number of aromatic nitrogens is 1. The maximum Gasteiger partial charge on any atom is 0.573 e. The fourth-order valence-corrected chi connectivity index (χ4v) is 5.01. The highest BCUT2D eigenvalue weighted by atomic mass is 32.2. The minimum atomic E-state index is -5.02. The minimum absolute atomic E-state index is 0.0356. The molecule has 3 aromatic carbocycles. The summed E-state index contributed by atoms with van der Waals surface area (Å²) in [5.74, 6) is -2.19. The van der Waals surface area contributed by atoms with E-state index in [2.05, 4.69) is 9.72 Å². The third-order valence-corrected chi connectivity index (χ3v) is 7.06. The SMILES string of the molecule is CCOC(=O)c1ccc(S(=O)(=O)Nc2nc(Cc3ccc(OC(F)(F)F)cc3)c3ccccc3c2C(F)(F)F)cc1. The van der Waals surface area contributed by atoms with Crippen LogP contribution in [0.2, 0.25) is 0 Å². The number of anilines is 1. The van der Waals surface area contributed by atoms with E-state index in [9.17, 15) is 39.6 Å². The summed E-state index contributed by atoms with van der Waals surface area (Å²) in [4.78, 5) is 15.5. The van der Waals surface area contributed by atoms with Gasteiger partial charge in [0, 0.05) is 11.8 Å². The number of hydrogen-bond acceptors (Lipinski definition) is 6. The van der Waals surface area contributed by atoms with Gasteiger partial charge in [-0.05, 0) is 54.3 Å². The van der Waals surface area contributed by atoms with Gasteiger partial charge in [-0.2, -0.15) is 13.2 Å². The van der Waals surface area contributed by atoms with Crippen LogP contribution in [0.1, 0.15) is 34.1 Å². The Morgan fingerprint density at radius 3 is 2.05 bits per heavy atom. The van der Waals surface area contributed by atoms with Gasteiger partial charge < -0.3 is 9.47 Å². The van der Waals surface area contributed by atoms with Crippen LogP contribution in [-0.2, 0) is 27.4 Å². The number of carbonyl (C=O) groups excluding carboxylic acids is 1. The Morgan fingerprint density at radius 2 is 1.49 bits per heavy atom. The van der Waals surface area contributed by atoms with Crippen molar-refractivity contribution in [1.29, 1.82) is 0 Å². The van der Waals surface area contributed by atoms with Gasteiger partial charge in [-0.3, -0.25) is 4.72 Å². The number of sulfonamides is 1. The molecule has 14 heteroatoms. The highest BCUT2D eigenvalue weighted by Crippen LogP contribution is 2.41. The Balaban J connectivity index is 1.76. The predicted molar refractivity (Wildman–Crippen MR) is 136 cm³/mol. The van der Waals surface area contributed by atoms with Crippen LogP contribution < -0.4 is 9.46 Å². The maximum absolute atomic E-state index is 14.3. The van der Waals surface area contributed by atoms with Crippen LogP contribution in [-0.4, -0.2) is 32.3 Å². The molecule has 216 valence electrons. The first-order valence-electron chi connectivity index (χ1n) is 11.8. The molecule has 0 atom stereocenters. The lowest BCUT2D eigenvalue weighted by Gasteiger charge is -2.19. The zero-order valence-electron chi connectivity index (χ0n) is 21.0. The molecule has 1 heterocycles. The summed E-state index contributed by atoms with van der Waals surface area (Å²) in [7, 11) is -4.62. The van der Waals surface area contributed by atoms with Gasteiger partial charge in [0.05, 0.1) is 22.8 Å². The summed E-state index contributed by atoms with van der Waals surface area (Å²) < 4.78 is 117. The molecule has 0 saturated heterocycles. The van der Waals surface area contributed by atoms with Crippen molar-refractivity contribution in [2.24, 2.45) is 0 Å². The van der Waals surface area contributed by atoms with Crippen LogP contribution >= 0.6 is 0 Å². The summed E-state index contributed by atoms with van der Waals surface area (Å²) in [6.45, 7) is 1.67. The van der Waals surface area contributed by atoms with Crippen LogP contribution in [0.5, 0.6) is 5.75 Å². The predicted octanol–water partition coefficient (Wildman–Crippen LogP) is 6.72. The Hall–Kier alpha value is -4.33. The van der Waals surface area contributed by atoms with E-state index < -0.39 is 50.6 Å². The van der Waals surface area contributed by atoms with Crippen molar-refractivity contribution in [3.05, 3.63) is 95.2 Å². The van der Waals surface area contributed by atoms with E-state index in [1.807, 2.05) is 4.72 Å². The number of pyridine rings is 1. The number of benzene rings is 3. The highest BCUT2D eigenvalue weighted by molar-refractivity contribution is 7.92. The molecule has 0 fully saturated rings. The standard InChI is InChI=1S/C27H20F6N2O5S/c1-2-39-25(36)17-9-13-19(14-10-17)41(37,38)35-24-23(26(28,29)30)21-6-4-3-5-20(21)22(34-24)15-16-7-11-18(12-8-16)40-27(31,32)33/h3-14H,2,15H2,1H3,(H,34,35). The zero-order chi connectivity index (χ0) is 30.0. The maximum atomic E-state index is 14.3. The lowest BCUT2D eigenvalue weighted by molar-refractivity contribution is -0.274. The fraction of sp³-hybridized carbons (Fsp3) is 0.185. The van der Waals surface area contributed by atoms with Crippen LogP contribution in [0.25, 0.3) is 10.8 Å². The van der Waals surface area contributed by atoms with Gasteiger partial charge in [-0.15, -0.1) is 13.2 Å². The molecule has 0 saturated carbocycles. The number of carbonyl (C=O) groups is 1. The van der Waals surface area contributed by atoms with Crippen LogP contribution in [0.3, 0.4) is 0 Å². The molecule has 4 rings (SSSR count). The van der Waals surface area contributed by atoms with Gasteiger partial charge in [-0.1, -0.05) is 36.4 Å². The van der Waals surface area contributed by atoms with Gasteiger partial charge in [0.25, 0.3) is 10.0 Å². The number of fused-ring (bicyclic) bond motifs is 1. The van der Waals surface area contributed by atoms with Gasteiger partial charge in [-0.25, -0.2) is 18.2 Å². The van der Waals surface area contributed by atoms with Crippen molar-refractivity contribution in [2.75, 3.05) is 11.3 Å². The van der Waals surface area contributed by atoms with Crippen molar-refractivity contribution in [3.8, 4) is 5.75 Å². The first-order valence-corrected chi connectivity index (χ1v) is 13.3. The summed E-state index contributed by atoms with van der Waals surface area (Å²) in [6, 6.07) is 14.4. The van der Waals surface area contributed by atoms with Gasteiger partial charge in [0.2, 0.25) is 0 Å². The summed E-state index contributed by atoms with van der Waals surface area (Å²) in [5.41, 5.74) is -0.870. The number of esters is 1. The molecule has 0 radical (unpaired) electrons. The third-order valence-electron chi connectivity index (χ3n) is 5.71. The lowest BCUT2D eigenvalue weighted by atomic mass is 9.99. The molecule has 0 spiro atoms. The number of hydrogen-bond donors (Lipinski definition) is 1. The number of alkyl halides is 6. The van der Waals surface area contributed by atoms with Crippen LogP contribution in [0.4, 0.5) is 32.2 Å². The second kappa shape index (κ2) is 11.3. The lowest BCUT2D eigenvalue weighted by Crippen LogP contribution is -2.20. The topological polar surface area (TPSA) is 94.6 Å². The molecule has 1 aromatic heterocycles. The Labute approximate surface area is 229 Å². The molecule has 0 unspecified atom stereocenters. The van der Waals surface area contributed by atoms with E-state index in [4.69, 9.17) is 4.74 Å². The number of halogens is 6. The van der Waals surface area contributed by atoms with Crippen LogP contribution in [0.15, 0.2) is 77.7 Å². The number of nitrogens with zero attached hydrogens (tertiary/aromatic N) is 1. The van der Waals surface area contributed by atoms with E-state index in [1.54, 1.807) is 6.92 Å². The third kappa shape index (κ3) is 7.06. The van der Waals surface area contributed by atoms with Crippen molar-refractivity contribution >= 4 is 32.6 Å². The first-order chi connectivity index (χ1) is 19.2. The average Bonchev–Trinajstić information content (AvgIpc) is 2.88. The monoisotopic (exact) mass is 598 g/mol. The Bertz CT molecular complexity index is 1670. The van der Waals surface area contributed by atoms with Crippen LogP contribution in [0, 0.1) is 0 Å². The van der Waals surface area contributed by atoms with Gasteiger partial charge in [0.1, 0.15) is 11.3 Å². The molecule has 1 N–H and O–H groups in total. The zero-order valence-corrected chi connectivity index (χ0v) is 21.8. The molecule has 41 heavy (non-hydrogen) atoms. The molecule has 0 aliphatic rings. The Kier molecular flexibility index (Phi) is 8.15. The molecule has 0 aliphatic carbocycles. The van der Waals surface area contributed by atoms with E-state index >= 15 is 0 Å². The molecule has 0 amide bonds. The first kappa shape index (κ1) is 29.6. The average molecular weight is 599 g/mol. The fourth-order valence-electron chi connectivity index (χ4n) is 4.00. The Morgan fingerprint density at radius 1 is 0.878 bits per heavy atom. The number of ether oxygens (including phenoxy) is 2. The second-order valence-corrected chi connectivity index (χ2v) is 10.2. The molecule has 0 aliphatic heterocycles. The minimum Gasteiger partial charge on any atom is -0.462 e. The smallest absolute Gasteiger partial charge is 0.462 e. The molecule has 0 bridgehead atoms.